The highest BCUT2D eigenvalue weighted by molar-refractivity contribution is 5.96. The third kappa shape index (κ3) is 2.90. The molecule has 1 amide bonds. The maximum atomic E-state index is 13.0. The molecular formula is C19H22N2O. The van der Waals surface area contributed by atoms with Crippen LogP contribution >= 0.6 is 0 Å². The predicted octanol–water partition coefficient (Wildman–Crippen LogP) is 3.12. The molecule has 22 heavy (non-hydrogen) atoms. The normalized spacial score (nSPS) is 19.2. The van der Waals surface area contributed by atoms with Crippen LogP contribution in [0.5, 0.6) is 0 Å². The van der Waals surface area contributed by atoms with Crippen LogP contribution in [0.3, 0.4) is 0 Å². The van der Waals surface area contributed by atoms with Gasteiger partial charge in [-0.25, -0.2) is 0 Å². The van der Waals surface area contributed by atoms with Crippen LogP contribution in [0.15, 0.2) is 54.6 Å². The van der Waals surface area contributed by atoms with Gasteiger partial charge >= 0.3 is 0 Å². The van der Waals surface area contributed by atoms with Crippen molar-refractivity contribution < 1.29 is 4.79 Å². The summed E-state index contributed by atoms with van der Waals surface area (Å²) in [5.74, 6) is 0.139. The lowest BCUT2D eigenvalue weighted by molar-refractivity contribution is 0.0497. The lowest BCUT2D eigenvalue weighted by Gasteiger charge is -2.40. The Labute approximate surface area is 132 Å². The quantitative estimate of drug-likeness (QED) is 0.849. The molecule has 1 aliphatic rings. The number of nitrogens with zero attached hydrogens (tertiary/aromatic N) is 2. The minimum atomic E-state index is 0.118. The van der Waals surface area contributed by atoms with Gasteiger partial charge in [-0.05, 0) is 31.2 Å². The maximum Gasteiger partial charge on any atom is 0.254 e. The van der Waals surface area contributed by atoms with E-state index in [1.807, 2.05) is 54.3 Å². The van der Waals surface area contributed by atoms with Gasteiger partial charge in [0.25, 0.3) is 5.91 Å². The second kappa shape index (κ2) is 6.32. The molecule has 0 radical (unpaired) electrons. The van der Waals surface area contributed by atoms with Crippen molar-refractivity contribution in [1.82, 2.24) is 9.80 Å². The lowest BCUT2D eigenvalue weighted by atomic mass is 10.00. The molecule has 0 aromatic heterocycles. The number of likely N-dealkylation sites (N-methyl/N-ethyl adjacent to an activating group) is 1. The number of carbonyl (C=O) groups is 1. The van der Waals surface area contributed by atoms with Gasteiger partial charge in [0.2, 0.25) is 0 Å². The maximum absolute atomic E-state index is 13.0. The zero-order valence-electron chi connectivity index (χ0n) is 13.2. The first-order valence-electron chi connectivity index (χ1n) is 7.77. The van der Waals surface area contributed by atoms with Crippen LogP contribution in [0.1, 0.15) is 27.5 Å². The van der Waals surface area contributed by atoms with E-state index in [2.05, 4.69) is 24.1 Å². The molecule has 0 saturated carbocycles. The molecule has 0 bridgehead atoms. The fourth-order valence-electron chi connectivity index (χ4n) is 3.09. The summed E-state index contributed by atoms with van der Waals surface area (Å²) in [4.78, 5) is 17.3. The van der Waals surface area contributed by atoms with Crippen molar-refractivity contribution in [3.63, 3.8) is 0 Å². The molecule has 0 aliphatic carbocycles. The van der Waals surface area contributed by atoms with Crippen molar-refractivity contribution in [3.05, 3.63) is 71.3 Å². The summed E-state index contributed by atoms with van der Waals surface area (Å²) >= 11 is 0. The van der Waals surface area contributed by atoms with Gasteiger partial charge in [0.1, 0.15) is 0 Å². The van der Waals surface area contributed by atoms with Gasteiger partial charge in [-0.15, -0.1) is 0 Å². The molecule has 1 aliphatic heterocycles. The fraction of sp³-hybridized carbons (Fsp3) is 0.316. The topological polar surface area (TPSA) is 23.6 Å². The Kier molecular flexibility index (Phi) is 4.25. The average Bonchev–Trinajstić information content (AvgIpc) is 2.55. The summed E-state index contributed by atoms with van der Waals surface area (Å²) in [5, 5.41) is 0. The zero-order valence-corrected chi connectivity index (χ0v) is 13.2. The Hall–Kier alpha value is -2.13. The van der Waals surface area contributed by atoms with E-state index in [4.69, 9.17) is 0 Å². The highest BCUT2D eigenvalue weighted by Crippen LogP contribution is 2.27. The molecule has 3 rings (SSSR count). The molecule has 1 unspecified atom stereocenters. The van der Waals surface area contributed by atoms with Crippen LogP contribution in [0.25, 0.3) is 0 Å². The van der Waals surface area contributed by atoms with Gasteiger partial charge in [0.05, 0.1) is 6.04 Å². The molecule has 1 atom stereocenters. The summed E-state index contributed by atoms with van der Waals surface area (Å²) in [7, 11) is 2.12. The monoisotopic (exact) mass is 294 g/mol. The van der Waals surface area contributed by atoms with Crippen molar-refractivity contribution in [2.75, 3.05) is 26.7 Å². The highest BCUT2D eigenvalue weighted by atomic mass is 16.2. The molecule has 1 fully saturated rings. The van der Waals surface area contributed by atoms with Crippen LogP contribution < -0.4 is 0 Å². The summed E-state index contributed by atoms with van der Waals surface area (Å²) in [5.41, 5.74) is 3.06. The molecule has 114 valence electrons. The van der Waals surface area contributed by atoms with E-state index < -0.39 is 0 Å². The van der Waals surface area contributed by atoms with Gasteiger partial charge in [-0.1, -0.05) is 48.5 Å². The minimum absolute atomic E-state index is 0.118. The Morgan fingerprint density at radius 1 is 1.00 bits per heavy atom. The van der Waals surface area contributed by atoms with Gasteiger partial charge in [0.15, 0.2) is 0 Å². The van der Waals surface area contributed by atoms with Crippen LogP contribution in [0.2, 0.25) is 0 Å². The number of benzene rings is 2. The third-order valence-corrected chi connectivity index (χ3v) is 4.40. The molecule has 1 saturated heterocycles. The van der Waals surface area contributed by atoms with Gasteiger partial charge < -0.3 is 9.80 Å². The second-order valence-electron chi connectivity index (χ2n) is 6.00. The van der Waals surface area contributed by atoms with E-state index in [-0.39, 0.29) is 11.9 Å². The molecule has 3 heteroatoms. The van der Waals surface area contributed by atoms with E-state index in [0.717, 1.165) is 30.8 Å². The number of carbonyl (C=O) groups excluding carboxylic acids is 1. The summed E-state index contributed by atoms with van der Waals surface area (Å²) in [6.45, 7) is 4.56. The van der Waals surface area contributed by atoms with E-state index >= 15 is 0 Å². The summed E-state index contributed by atoms with van der Waals surface area (Å²) < 4.78 is 0. The van der Waals surface area contributed by atoms with Gasteiger partial charge in [-0.2, -0.15) is 0 Å². The standard InChI is InChI=1S/C19H22N2O/c1-15-8-6-7-11-17(15)19(22)21-13-12-20(2)14-18(21)16-9-4-3-5-10-16/h3-11,18H,12-14H2,1-2H3. The number of amides is 1. The highest BCUT2D eigenvalue weighted by Gasteiger charge is 2.31. The number of hydrogen-bond donors (Lipinski definition) is 0. The Morgan fingerprint density at radius 2 is 1.68 bits per heavy atom. The summed E-state index contributed by atoms with van der Waals surface area (Å²) in [6, 6.07) is 18.3. The van der Waals surface area contributed by atoms with Crippen LogP contribution in [0, 0.1) is 6.92 Å². The van der Waals surface area contributed by atoms with Crippen LogP contribution in [-0.4, -0.2) is 42.4 Å². The lowest BCUT2D eigenvalue weighted by Crippen LogP contribution is -2.49. The summed E-state index contributed by atoms with van der Waals surface area (Å²) in [6.07, 6.45) is 0. The van der Waals surface area contributed by atoms with Crippen molar-refractivity contribution in [1.29, 1.82) is 0 Å². The molecular weight excluding hydrogens is 272 g/mol. The molecule has 2 aromatic carbocycles. The SMILES string of the molecule is Cc1ccccc1C(=O)N1CCN(C)CC1c1ccccc1. The van der Waals surface area contributed by atoms with Crippen LogP contribution in [-0.2, 0) is 0 Å². The minimum Gasteiger partial charge on any atom is -0.329 e. The van der Waals surface area contributed by atoms with Gasteiger partial charge in [-0.3, -0.25) is 4.79 Å². The van der Waals surface area contributed by atoms with Gasteiger partial charge in [0, 0.05) is 25.2 Å². The number of rotatable bonds is 2. The third-order valence-electron chi connectivity index (χ3n) is 4.40. The smallest absolute Gasteiger partial charge is 0.254 e. The van der Waals surface area contributed by atoms with E-state index in [1.165, 1.54) is 5.56 Å². The Bertz CT molecular complexity index is 653. The fourth-order valence-corrected chi connectivity index (χ4v) is 3.09. The van der Waals surface area contributed by atoms with Crippen molar-refractivity contribution >= 4 is 5.91 Å². The van der Waals surface area contributed by atoms with E-state index in [1.54, 1.807) is 0 Å². The van der Waals surface area contributed by atoms with Crippen LogP contribution in [0.4, 0.5) is 0 Å². The number of piperazine rings is 1. The molecule has 2 aromatic rings. The Balaban J connectivity index is 1.93. The first kappa shape index (κ1) is 14.8. The van der Waals surface area contributed by atoms with E-state index in [9.17, 15) is 4.79 Å². The average molecular weight is 294 g/mol. The number of aryl methyl sites for hydroxylation is 1. The zero-order chi connectivity index (χ0) is 15.5. The molecule has 0 spiro atoms. The number of hydrogen-bond acceptors (Lipinski definition) is 2. The molecule has 1 heterocycles. The van der Waals surface area contributed by atoms with E-state index in [0.29, 0.717) is 0 Å². The molecule has 3 nitrogen and oxygen atoms in total. The predicted molar refractivity (Wildman–Crippen MR) is 88.9 cm³/mol. The largest absolute Gasteiger partial charge is 0.329 e. The van der Waals surface area contributed by atoms with Crippen molar-refractivity contribution in [2.45, 2.75) is 13.0 Å². The second-order valence-corrected chi connectivity index (χ2v) is 6.00. The first-order chi connectivity index (χ1) is 10.7. The van der Waals surface area contributed by atoms with Crippen molar-refractivity contribution in [3.8, 4) is 0 Å². The van der Waals surface area contributed by atoms with Crippen molar-refractivity contribution in [2.24, 2.45) is 0 Å². The molecule has 0 N–H and O–H groups in total. The first-order valence-corrected chi connectivity index (χ1v) is 7.77. The Morgan fingerprint density at radius 3 is 2.41 bits per heavy atom.